The summed E-state index contributed by atoms with van der Waals surface area (Å²) < 4.78 is 0. The van der Waals surface area contributed by atoms with Crippen LogP contribution in [0.5, 0.6) is 0 Å². The van der Waals surface area contributed by atoms with Crippen LogP contribution in [-0.2, 0) is 0 Å². The van der Waals surface area contributed by atoms with Crippen LogP contribution in [0.4, 0.5) is 0 Å². The molecule has 0 radical (unpaired) electrons. The van der Waals surface area contributed by atoms with Gasteiger partial charge in [-0.1, -0.05) is 160 Å². The molecule has 0 spiro atoms. The van der Waals surface area contributed by atoms with Gasteiger partial charge in [0.05, 0.1) is 0 Å². The molecule has 2 rings (SSSR count). The minimum Gasteiger partial charge on any atom is -0.0654 e. The molecule has 2 saturated carbocycles. The molecule has 0 N–H and O–H groups in total. The third-order valence-electron chi connectivity index (χ3n) is 7.81. The molecule has 1 heteroatoms. The predicted molar refractivity (Wildman–Crippen MR) is 125 cm³/mol. The summed E-state index contributed by atoms with van der Waals surface area (Å²) in [5.41, 5.74) is 0. The molecule has 2 fully saturated rings. The summed E-state index contributed by atoms with van der Waals surface area (Å²) in [6.45, 7) is 2.32. The van der Waals surface area contributed by atoms with E-state index in [2.05, 4.69) is 6.92 Å². The van der Waals surface area contributed by atoms with Crippen molar-refractivity contribution in [3.63, 3.8) is 0 Å². The lowest BCUT2D eigenvalue weighted by Crippen LogP contribution is -2.15. The average molecular weight is 375 g/mol. The molecule has 2 aliphatic carbocycles. The van der Waals surface area contributed by atoms with Gasteiger partial charge in [-0.2, -0.15) is 0 Å². The Morgan fingerprint density at radius 1 is 0.519 bits per heavy atom. The summed E-state index contributed by atoms with van der Waals surface area (Å²) in [7, 11) is 1.59. The van der Waals surface area contributed by atoms with E-state index in [0.29, 0.717) is 0 Å². The largest absolute Gasteiger partial charge is 0.127 e. The van der Waals surface area contributed by atoms with E-state index in [1.54, 1.807) is 52.2 Å². The topological polar surface area (TPSA) is 0 Å². The molecule has 0 aromatic heterocycles. The molecule has 0 aromatic rings. The van der Waals surface area contributed by atoms with Gasteiger partial charge in [0.25, 0.3) is 0 Å². The van der Waals surface area contributed by atoms with Crippen molar-refractivity contribution in [1.29, 1.82) is 0 Å². The minimum absolute atomic E-state index is 1.07. The third-order valence-corrected chi connectivity index (χ3v) is 7.81. The number of rotatable bonds is 9. The zero-order chi connectivity index (χ0) is 19.0. The summed E-state index contributed by atoms with van der Waals surface area (Å²) in [5.74, 6) is 3.23. The van der Waals surface area contributed by atoms with Crippen molar-refractivity contribution in [3.05, 3.63) is 0 Å². The Kier molecular flexibility index (Phi) is 13.8. The third kappa shape index (κ3) is 11.6. The van der Waals surface area contributed by atoms with E-state index in [-0.39, 0.29) is 0 Å². The fourth-order valence-corrected chi connectivity index (χ4v) is 6.02. The second-order valence-electron chi connectivity index (χ2n) is 10.3. The summed E-state index contributed by atoms with van der Waals surface area (Å²) in [6.07, 6.45) is 33.4. The van der Waals surface area contributed by atoms with Crippen molar-refractivity contribution in [3.8, 4) is 0 Å². The van der Waals surface area contributed by atoms with E-state index in [4.69, 9.17) is 0 Å². The fraction of sp³-hybridized carbons (Fsp3) is 1.00. The maximum atomic E-state index is 2.32. The molecular formula is C26H51B. The molecule has 0 nitrogen and oxygen atoms in total. The average Bonchev–Trinajstić information content (AvgIpc) is 2.66. The van der Waals surface area contributed by atoms with Crippen LogP contribution in [0.15, 0.2) is 0 Å². The zero-order valence-electron chi connectivity index (χ0n) is 19.0. The normalized spacial score (nSPS) is 26.9. The maximum Gasteiger partial charge on any atom is 0.127 e. The molecule has 0 amide bonds. The first kappa shape index (κ1) is 23.3. The number of hydrogen-bond donors (Lipinski definition) is 0. The fourth-order valence-electron chi connectivity index (χ4n) is 6.02. The van der Waals surface area contributed by atoms with Crippen LogP contribution >= 0.6 is 0 Å². The SMILES string of the molecule is CCCCCCCCC1CCCC(BC2CCCCCCCCC2)CCC1. The smallest absolute Gasteiger partial charge is 0.0654 e. The van der Waals surface area contributed by atoms with Gasteiger partial charge in [0.2, 0.25) is 0 Å². The van der Waals surface area contributed by atoms with Crippen LogP contribution in [0.2, 0.25) is 11.6 Å². The first-order chi connectivity index (χ1) is 13.4. The molecule has 158 valence electrons. The first-order valence-electron chi connectivity index (χ1n) is 13.4. The lowest BCUT2D eigenvalue weighted by atomic mass is 9.49. The highest BCUT2D eigenvalue weighted by molar-refractivity contribution is 6.39. The highest BCUT2D eigenvalue weighted by atomic mass is 14.2. The molecule has 0 bridgehead atoms. The van der Waals surface area contributed by atoms with Crippen molar-refractivity contribution in [2.75, 3.05) is 0 Å². The van der Waals surface area contributed by atoms with Gasteiger partial charge in [0.1, 0.15) is 7.28 Å². The van der Waals surface area contributed by atoms with Crippen LogP contribution in [0.3, 0.4) is 0 Å². The van der Waals surface area contributed by atoms with E-state index >= 15 is 0 Å². The van der Waals surface area contributed by atoms with E-state index < -0.39 is 0 Å². The molecule has 0 unspecified atom stereocenters. The van der Waals surface area contributed by atoms with Gasteiger partial charge < -0.3 is 0 Å². The monoisotopic (exact) mass is 374 g/mol. The van der Waals surface area contributed by atoms with Gasteiger partial charge >= 0.3 is 0 Å². The Balaban J connectivity index is 1.59. The van der Waals surface area contributed by atoms with Crippen molar-refractivity contribution in [1.82, 2.24) is 0 Å². The minimum atomic E-state index is 1.07. The molecule has 0 atom stereocenters. The summed E-state index contributed by atoms with van der Waals surface area (Å²) in [5, 5.41) is 0. The van der Waals surface area contributed by atoms with Crippen LogP contribution in [0, 0.1) is 5.92 Å². The summed E-state index contributed by atoms with van der Waals surface area (Å²) in [4.78, 5) is 0. The van der Waals surface area contributed by atoms with Gasteiger partial charge in [-0.25, -0.2) is 0 Å². The Morgan fingerprint density at radius 2 is 1.00 bits per heavy atom. The van der Waals surface area contributed by atoms with Crippen LogP contribution in [0.1, 0.15) is 148 Å². The van der Waals surface area contributed by atoms with Gasteiger partial charge in [-0.3, -0.25) is 0 Å². The van der Waals surface area contributed by atoms with Gasteiger partial charge in [0, 0.05) is 0 Å². The van der Waals surface area contributed by atoms with Crippen molar-refractivity contribution < 1.29 is 0 Å². The van der Waals surface area contributed by atoms with Gasteiger partial charge in [-0.05, 0) is 5.92 Å². The predicted octanol–water partition coefficient (Wildman–Crippen LogP) is 9.25. The molecule has 0 aliphatic heterocycles. The Labute approximate surface area is 173 Å². The summed E-state index contributed by atoms with van der Waals surface area (Å²) >= 11 is 0. The molecule has 0 aromatic carbocycles. The molecule has 27 heavy (non-hydrogen) atoms. The zero-order valence-corrected chi connectivity index (χ0v) is 19.0. The lowest BCUT2D eigenvalue weighted by molar-refractivity contribution is 0.345. The molecule has 0 heterocycles. The van der Waals surface area contributed by atoms with Crippen molar-refractivity contribution in [2.24, 2.45) is 5.92 Å². The van der Waals surface area contributed by atoms with Gasteiger partial charge in [-0.15, -0.1) is 0 Å². The van der Waals surface area contributed by atoms with Crippen LogP contribution < -0.4 is 0 Å². The lowest BCUT2D eigenvalue weighted by Gasteiger charge is -2.27. The van der Waals surface area contributed by atoms with E-state index in [1.165, 1.54) is 96.3 Å². The Bertz CT molecular complexity index is 306. The second kappa shape index (κ2) is 15.9. The Hall–Kier alpha value is 0.0649. The Morgan fingerprint density at radius 3 is 1.59 bits per heavy atom. The summed E-state index contributed by atoms with van der Waals surface area (Å²) in [6, 6.07) is 0. The number of hydrogen-bond acceptors (Lipinski definition) is 0. The van der Waals surface area contributed by atoms with Crippen LogP contribution in [0.25, 0.3) is 0 Å². The van der Waals surface area contributed by atoms with Crippen molar-refractivity contribution in [2.45, 2.75) is 160 Å². The highest BCUT2D eigenvalue weighted by Gasteiger charge is 2.21. The van der Waals surface area contributed by atoms with Gasteiger partial charge in [0.15, 0.2) is 0 Å². The number of unbranched alkanes of at least 4 members (excludes halogenated alkanes) is 5. The quantitative estimate of drug-likeness (QED) is 0.279. The molecule has 0 saturated heterocycles. The highest BCUT2D eigenvalue weighted by Crippen LogP contribution is 2.36. The van der Waals surface area contributed by atoms with E-state index in [9.17, 15) is 0 Å². The first-order valence-corrected chi connectivity index (χ1v) is 13.4. The standard InChI is InChI=1S/C26H51B/c1-2-3-4-5-9-12-17-24-18-15-22-26(23-16-19-24)27-25-20-13-10-7-6-8-11-14-21-25/h24-27H,2-23H2,1H3. The second-order valence-corrected chi connectivity index (χ2v) is 10.3. The van der Waals surface area contributed by atoms with E-state index in [0.717, 1.165) is 17.6 Å². The van der Waals surface area contributed by atoms with Crippen LogP contribution in [-0.4, -0.2) is 7.28 Å². The maximum absolute atomic E-state index is 2.32. The molecule has 2 aliphatic rings. The van der Waals surface area contributed by atoms with E-state index in [1.807, 2.05) is 0 Å². The molecular weight excluding hydrogens is 323 g/mol. The van der Waals surface area contributed by atoms with Crippen molar-refractivity contribution >= 4 is 7.28 Å².